The lowest BCUT2D eigenvalue weighted by Crippen LogP contribution is -2.47. The average molecular weight is 315 g/mol. The molecule has 0 aliphatic carbocycles. The first-order valence-corrected chi connectivity index (χ1v) is 7.26. The minimum Gasteiger partial charge on any atom is -0.322 e. The molecule has 1 aromatic rings. The van der Waals surface area contributed by atoms with Crippen molar-refractivity contribution >= 4 is 40.8 Å². The van der Waals surface area contributed by atoms with E-state index >= 15 is 0 Å². The summed E-state index contributed by atoms with van der Waals surface area (Å²) in [5.74, 6) is -0.248. The Morgan fingerprint density at radius 3 is 2.55 bits per heavy atom. The molecular weight excluding hydrogens is 299 g/mol. The van der Waals surface area contributed by atoms with Crippen LogP contribution >= 0.6 is 23.2 Å². The van der Waals surface area contributed by atoms with E-state index in [2.05, 4.69) is 0 Å². The molecule has 1 heterocycles. The van der Waals surface area contributed by atoms with Crippen LogP contribution in [0.2, 0.25) is 10.0 Å². The topological polar surface area (TPSA) is 40.6 Å². The molecule has 0 unspecified atom stereocenters. The van der Waals surface area contributed by atoms with Gasteiger partial charge in [0.15, 0.2) is 0 Å². The number of nitrogens with zero attached hydrogens (tertiary/aromatic N) is 2. The number of benzene rings is 1. The van der Waals surface area contributed by atoms with Crippen molar-refractivity contribution in [2.45, 2.75) is 32.7 Å². The average Bonchev–Trinajstić information content (AvgIpc) is 2.52. The highest BCUT2D eigenvalue weighted by molar-refractivity contribution is 6.37. The third-order valence-electron chi connectivity index (χ3n) is 3.25. The summed E-state index contributed by atoms with van der Waals surface area (Å²) in [5.41, 5.74) is 0.349. The van der Waals surface area contributed by atoms with Crippen LogP contribution in [0.5, 0.6) is 0 Å². The molecule has 0 N–H and O–H groups in total. The van der Waals surface area contributed by atoms with E-state index in [4.69, 9.17) is 23.2 Å². The molecule has 1 aliphatic rings. The number of amides is 3. The van der Waals surface area contributed by atoms with Crippen molar-refractivity contribution in [2.24, 2.45) is 0 Å². The molecule has 1 saturated heterocycles. The van der Waals surface area contributed by atoms with Crippen LogP contribution in [0.1, 0.15) is 26.7 Å². The fraction of sp³-hybridized carbons (Fsp3) is 0.429. The van der Waals surface area contributed by atoms with Crippen molar-refractivity contribution in [3.63, 3.8) is 0 Å². The minimum absolute atomic E-state index is 0.0221. The van der Waals surface area contributed by atoms with Crippen LogP contribution in [0.15, 0.2) is 18.2 Å². The summed E-state index contributed by atoms with van der Waals surface area (Å²) >= 11 is 12.1. The molecule has 20 heavy (non-hydrogen) atoms. The third kappa shape index (κ3) is 2.91. The summed E-state index contributed by atoms with van der Waals surface area (Å²) in [6.45, 7) is 4.41. The van der Waals surface area contributed by atoms with Gasteiger partial charge in [-0.3, -0.25) is 4.79 Å². The number of carbonyl (C=O) groups is 2. The second-order valence-corrected chi connectivity index (χ2v) is 5.84. The molecule has 0 spiro atoms. The molecule has 3 amide bonds. The monoisotopic (exact) mass is 314 g/mol. The predicted octanol–water partition coefficient (Wildman–Crippen LogP) is 3.95. The molecule has 0 radical (unpaired) electrons. The number of hydrogen-bond donors (Lipinski definition) is 0. The maximum absolute atomic E-state index is 12.6. The number of urea groups is 1. The van der Waals surface area contributed by atoms with Gasteiger partial charge in [-0.15, -0.1) is 0 Å². The van der Waals surface area contributed by atoms with Gasteiger partial charge in [0.1, 0.15) is 0 Å². The fourth-order valence-electron chi connectivity index (χ4n) is 2.22. The molecule has 4 nitrogen and oxygen atoms in total. The lowest BCUT2D eigenvalue weighted by atomic mass is 10.2. The van der Waals surface area contributed by atoms with Gasteiger partial charge in [0, 0.05) is 24.0 Å². The lowest BCUT2D eigenvalue weighted by molar-refractivity contribution is -0.117. The Kier molecular flexibility index (Phi) is 4.55. The molecule has 0 aromatic heterocycles. The zero-order valence-electron chi connectivity index (χ0n) is 11.4. The van der Waals surface area contributed by atoms with E-state index < -0.39 is 0 Å². The van der Waals surface area contributed by atoms with E-state index in [1.807, 2.05) is 13.8 Å². The Labute approximate surface area is 128 Å². The van der Waals surface area contributed by atoms with E-state index in [0.717, 1.165) is 4.90 Å². The quantitative estimate of drug-likeness (QED) is 0.829. The van der Waals surface area contributed by atoms with Crippen molar-refractivity contribution in [3.05, 3.63) is 28.2 Å². The largest absolute Gasteiger partial charge is 0.331 e. The summed E-state index contributed by atoms with van der Waals surface area (Å²) in [7, 11) is 0. The van der Waals surface area contributed by atoms with Gasteiger partial charge >= 0.3 is 6.03 Å². The molecule has 1 fully saturated rings. The van der Waals surface area contributed by atoms with Crippen LogP contribution in [-0.4, -0.2) is 29.4 Å². The first-order valence-electron chi connectivity index (χ1n) is 6.50. The molecule has 0 atom stereocenters. The second-order valence-electron chi connectivity index (χ2n) is 5.00. The number of carbonyl (C=O) groups excluding carboxylic acids is 2. The number of rotatable bonds is 2. The number of anilines is 1. The van der Waals surface area contributed by atoms with Gasteiger partial charge in [-0.05, 0) is 38.5 Å². The lowest BCUT2D eigenvalue weighted by Gasteiger charge is -2.29. The summed E-state index contributed by atoms with van der Waals surface area (Å²) in [4.78, 5) is 27.6. The van der Waals surface area contributed by atoms with E-state index in [1.54, 1.807) is 23.1 Å². The summed E-state index contributed by atoms with van der Waals surface area (Å²) in [6.07, 6.45) is 0.968. The van der Waals surface area contributed by atoms with Gasteiger partial charge in [-0.1, -0.05) is 23.2 Å². The molecule has 2 rings (SSSR count). The van der Waals surface area contributed by atoms with Gasteiger partial charge in [0.2, 0.25) is 5.91 Å². The van der Waals surface area contributed by atoms with Crippen molar-refractivity contribution in [2.75, 3.05) is 11.4 Å². The molecule has 108 valence electrons. The van der Waals surface area contributed by atoms with Crippen molar-refractivity contribution in [1.29, 1.82) is 0 Å². The van der Waals surface area contributed by atoms with Gasteiger partial charge in [-0.2, -0.15) is 0 Å². The van der Waals surface area contributed by atoms with Crippen molar-refractivity contribution < 1.29 is 9.59 Å². The Morgan fingerprint density at radius 2 is 1.90 bits per heavy atom. The zero-order chi connectivity index (χ0) is 14.9. The standard InChI is InChI=1S/C14H16Cl2N2O2/c1-9(2)17-7-3-4-13(19)18(14(17)20)12-8-10(15)5-6-11(12)16/h5-6,8-9H,3-4,7H2,1-2H3. The maximum atomic E-state index is 12.6. The van der Waals surface area contributed by atoms with E-state index in [-0.39, 0.29) is 18.0 Å². The Bertz CT molecular complexity index is 546. The van der Waals surface area contributed by atoms with Crippen LogP contribution in [0, 0.1) is 0 Å². The molecule has 0 saturated carbocycles. The van der Waals surface area contributed by atoms with Crippen LogP contribution in [0.4, 0.5) is 10.5 Å². The van der Waals surface area contributed by atoms with Crippen LogP contribution in [0.25, 0.3) is 0 Å². The first kappa shape index (κ1) is 15.1. The second kappa shape index (κ2) is 6.02. The van der Waals surface area contributed by atoms with Crippen molar-refractivity contribution in [1.82, 2.24) is 4.90 Å². The number of imide groups is 1. The number of halogens is 2. The number of hydrogen-bond acceptors (Lipinski definition) is 2. The molecule has 1 aliphatic heterocycles. The molecule has 0 bridgehead atoms. The summed E-state index contributed by atoms with van der Waals surface area (Å²) in [5, 5.41) is 0.770. The van der Waals surface area contributed by atoms with Gasteiger partial charge in [0.05, 0.1) is 10.7 Å². The third-order valence-corrected chi connectivity index (χ3v) is 3.80. The van der Waals surface area contributed by atoms with E-state index in [1.165, 1.54) is 0 Å². The Hall–Kier alpha value is -1.26. The first-order chi connectivity index (χ1) is 9.41. The summed E-state index contributed by atoms with van der Waals surface area (Å²) in [6, 6.07) is 4.44. The molecular formula is C14H16Cl2N2O2. The SMILES string of the molecule is CC(C)N1CCCC(=O)N(c2cc(Cl)ccc2Cl)C1=O. The van der Waals surface area contributed by atoms with Gasteiger partial charge in [-0.25, -0.2) is 9.69 Å². The van der Waals surface area contributed by atoms with Crippen LogP contribution in [0.3, 0.4) is 0 Å². The van der Waals surface area contributed by atoms with Gasteiger partial charge in [0.25, 0.3) is 0 Å². The Morgan fingerprint density at radius 1 is 1.20 bits per heavy atom. The highest BCUT2D eigenvalue weighted by Crippen LogP contribution is 2.31. The molecule has 1 aromatic carbocycles. The van der Waals surface area contributed by atoms with E-state index in [9.17, 15) is 9.59 Å². The van der Waals surface area contributed by atoms with Crippen LogP contribution in [-0.2, 0) is 4.79 Å². The van der Waals surface area contributed by atoms with Gasteiger partial charge < -0.3 is 4.90 Å². The maximum Gasteiger partial charge on any atom is 0.331 e. The fourth-order valence-corrected chi connectivity index (χ4v) is 2.59. The minimum atomic E-state index is -0.341. The smallest absolute Gasteiger partial charge is 0.322 e. The zero-order valence-corrected chi connectivity index (χ0v) is 12.9. The highest BCUT2D eigenvalue weighted by atomic mass is 35.5. The molecule has 6 heteroatoms. The van der Waals surface area contributed by atoms with Crippen LogP contribution < -0.4 is 4.90 Å². The van der Waals surface area contributed by atoms with Crippen molar-refractivity contribution in [3.8, 4) is 0 Å². The Balaban J connectivity index is 2.47. The predicted molar refractivity (Wildman–Crippen MR) is 80.4 cm³/mol. The van der Waals surface area contributed by atoms with E-state index in [0.29, 0.717) is 35.1 Å². The highest BCUT2D eigenvalue weighted by Gasteiger charge is 2.33. The summed E-state index contributed by atoms with van der Waals surface area (Å²) < 4.78 is 0. The normalized spacial score (nSPS) is 16.9.